The monoisotopic (exact) mass is 287 g/mol. The Bertz CT molecular complexity index is 391. The van der Waals surface area contributed by atoms with E-state index in [1.807, 2.05) is 18.2 Å². The first kappa shape index (κ1) is 14.0. The molecule has 1 heterocycles. The van der Waals surface area contributed by atoms with Crippen LogP contribution in [0.25, 0.3) is 0 Å². The van der Waals surface area contributed by atoms with Crippen LogP contribution in [0.5, 0.6) is 0 Å². The third-order valence-electron chi connectivity index (χ3n) is 3.35. The highest BCUT2D eigenvalue weighted by atomic mass is 35.5. The average Bonchev–Trinajstić information content (AvgIpc) is 2.39. The van der Waals surface area contributed by atoms with Crippen LogP contribution < -0.4 is 4.90 Å². The fourth-order valence-corrected chi connectivity index (χ4v) is 2.80. The lowest BCUT2D eigenvalue weighted by Crippen LogP contribution is -2.33. The molecule has 100 valence electrons. The molecule has 4 heteroatoms. The number of alkyl halides is 1. The summed E-state index contributed by atoms with van der Waals surface area (Å²) < 4.78 is 5.77. The van der Waals surface area contributed by atoms with Crippen LogP contribution >= 0.6 is 23.2 Å². The Kier molecular flexibility index (Phi) is 5.16. The molecule has 0 saturated carbocycles. The molecule has 1 aliphatic rings. The first-order valence-electron chi connectivity index (χ1n) is 6.38. The third-order valence-corrected chi connectivity index (χ3v) is 3.87. The normalized spacial score (nSPS) is 19.8. The second kappa shape index (κ2) is 6.65. The van der Waals surface area contributed by atoms with Gasteiger partial charge in [0.25, 0.3) is 0 Å². The van der Waals surface area contributed by atoms with Gasteiger partial charge >= 0.3 is 0 Å². The van der Waals surface area contributed by atoms with Gasteiger partial charge in [0.15, 0.2) is 0 Å². The summed E-state index contributed by atoms with van der Waals surface area (Å²) in [6, 6.07) is 5.87. The van der Waals surface area contributed by atoms with Crippen LogP contribution in [0, 0.1) is 0 Å². The average molecular weight is 288 g/mol. The van der Waals surface area contributed by atoms with Gasteiger partial charge in [0, 0.05) is 36.8 Å². The summed E-state index contributed by atoms with van der Waals surface area (Å²) >= 11 is 12.0. The molecule has 0 radical (unpaired) electrons. The lowest BCUT2D eigenvalue weighted by molar-refractivity contribution is 0.0216. The van der Waals surface area contributed by atoms with Gasteiger partial charge in [-0.05, 0) is 43.0 Å². The Hall–Kier alpha value is -0.440. The van der Waals surface area contributed by atoms with E-state index in [4.69, 9.17) is 27.9 Å². The van der Waals surface area contributed by atoms with Crippen molar-refractivity contribution >= 4 is 28.9 Å². The Morgan fingerprint density at radius 1 is 1.39 bits per heavy atom. The lowest BCUT2D eigenvalue weighted by Gasteiger charge is -2.29. The quantitative estimate of drug-likeness (QED) is 0.774. The maximum absolute atomic E-state index is 5.99. The van der Waals surface area contributed by atoms with E-state index < -0.39 is 0 Å². The minimum Gasteiger partial charge on any atom is -0.376 e. The van der Waals surface area contributed by atoms with E-state index in [0.717, 1.165) is 35.8 Å². The van der Waals surface area contributed by atoms with Crippen molar-refractivity contribution < 1.29 is 4.74 Å². The van der Waals surface area contributed by atoms with Gasteiger partial charge in [0.1, 0.15) is 0 Å². The third kappa shape index (κ3) is 3.53. The molecule has 0 N–H and O–H groups in total. The zero-order valence-electron chi connectivity index (χ0n) is 10.7. The lowest BCUT2D eigenvalue weighted by atomic mass is 10.1. The van der Waals surface area contributed by atoms with Crippen molar-refractivity contribution in [1.82, 2.24) is 0 Å². The number of hydrogen-bond donors (Lipinski definition) is 0. The fourth-order valence-electron chi connectivity index (χ4n) is 2.39. The molecule has 0 aliphatic carbocycles. The highest BCUT2D eigenvalue weighted by Crippen LogP contribution is 2.26. The molecule has 2 rings (SSSR count). The number of nitrogens with zero attached hydrogens (tertiary/aromatic N) is 1. The smallest absolute Gasteiger partial charge is 0.0749 e. The minimum absolute atomic E-state index is 0.336. The largest absolute Gasteiger partial charge is 0.376 e. The van der Waals surface area contributed by atoms with Crippen molar-refractivity contribution in [1.29, 1.82) is 0 Å². The van der Waals surface area contributed by atoms with Gasteiger partial charge in [0.05, 0.1) is 6.10 Å². The molecule has 1 saturated heterocycles. The second-order valence-electron chi connectivity index (χ2n) is 4.78. The molecule has 0 bridgehead atoms. The summed E-state index contributed by atoms with van der Waals surface area (Å²) in [6.45, 7) is 1.80. The zero-order chi connectivity index (χ0) is 13.0. The Labute approximate surface area is 119 Å². The van der Waals surface area contributed by atoms with E-state index in [1.165, 1.54) is 12.8 Å². The van der Waals surface area contributed by atoms with Gasteiger partial charge in [-0.2, -0.15) is 0 Å². The minimum atomic E-state index is 0.336. The standard InChI is InChI=1S/C14H19Cl2NO/c1-17(10-13-4-2-3-7-18-13)14-6-5-12(16)8-11(14)9-15/h5-6,8,13H,2-4,7,9-10H2,1H3. The molecule has 1 atom stereocenters. The molecule has 2 nitrogen and oxygen atoms in total. The van der Waals surface area contributed by atoms with Gasteiger partial charge in [0.2, 0.25) is 0 Å². The summed E-state index contributed by atoms with van der Waals surface area (Å²) in [7, 11) is 2.08. The molecule has 1 unspecified atom stereocenters. The molecule has 18 heavy (non-hydrogen) atoms. The Morgan fingerprint density at radius 2 is 2.22 bits per heavy atom. The summed E-state index contributed by atoms with van der Waals surface area (Å²) in [5.74, 6) is 0.478. The van der Waals surface area contributed by atoms with Gasteiger partial charge < -0.3 is 9.64 Å². The molecule has 1 aliphatic heterocycles. The zero-order valence-corrected chi connectivity index (χ0v) is 12.2. The van der Waals surface area contributed by atoms with Gasteiger partial charge in [-0.15, -0.1) is 11.6 Å². The van der Waals surface area contributed by atoms with Crippen molar-refractivity contribution in [3.05, 3.63) is 28.8 Å². The van der Waals surface area contributed by atoms with Crippen LogP contribution in [-0.4, -0.2) is 26.3 Å². The summed E-state index contributed by atoms with van der Waals surface area (Å²) in [6.07, 6.45) is 3.94. The van der Waals surface area contributed by atoms with E-state index in [0.29, 0.717) is 12.0 Å². The second-order valence-corrected chi connectivity index (χ2v) is 5.48. The topological polar surface area (TPSA) is 12.5 Å². The Morgan fingerprint density at radius 3 is 2.89 bits per heavy atom. The van der Waals surface area contributed by atoms with Crippen molar-refractivity contribution in [2.45, 2.75) is 31.2 Å². The molecule has 0 spiro atoms. The van der Waals surface area contributed by atoms with E-state index in [1.54, 1.807) is 0 Å². The maximum Gasteiger partial charge on any atom is 0.0749 e. The molecule has 1 aromatic carbocycles. The van der Waals surface area contributed by atoms with Crippen molar-refractivity contribution in [2.24, 2.45) is 0 Å². The number of hydrogen-bond acceptors (Lipinski definition) is 2. The highest BCUT2D eigenvalue weighted by Gasteiger charge is 2.17. The molecular formula is C14H19Cl2NO. The van der Waals surface area contributed by atoms with E-state index in [2.05, 4.69) is 11.9 Å². The van der Waals surface area contributed by atoms with Gasteiger partial charge in [-0.1, -0.05) is 11.6 Å². The number of rotatable bonds is 4. The number of benzene rings is 1. The number of anilines is 1. The summed E-state index contributed by atoms with van der Waals surface area (Å²) in [5.41, 5.74) is 2.21. The number of ether oxygens (including phenoxy) is 1. The van der Waals surface area contributed by atoms with Crippen LogP contribution in [0.2, 0.25) is 5.02 Å². The maximum atomic E-state index is 5.99. The van der Waals surface area contributed by atoms with E-state index >= 15 is 0 Å². The van der Waals surface area contributed by atoms with E-state index in [9.17, 15) is 0 Å². The van der Waals surface area contributed by atoms with E-state index in [-0.39, 0.29) is 0 Å². The number of likely N-dealkylation sites (N-methyl/N-ethyl adjacent to an activating group) is 1. The first-order valence-corrected chi connectivity index (χ1v) is 7.29. The van der Waals surface area contributed by atoms with Gasteiger partial charge in [-0.25, -0.2) is 0 Å². The van der Waals surface area contributed by atoms with Crippen LogP contribution in [0.15, 0.2) is 18.2 Å². The molecule has 1 aromatic rings. The molecule has 0 amide bonds. The van der Waals surface area contributed by atoms with Crippen molar-refractivity contribution in [2.75, 3.05) is 25.1 Å². The van der Waals surface area contributed by atoms with Crippen molar-refractivity contribution in [3.63, 3.8) is 0 Å². The van der Waals surface area contributed by atoms with Crippen LogP contribution in [0.3, 0.4) is 0 Å². The van der Waals surface area contributed by atoms with Crippen LogP contribution in [0.4, 0.5) is 5.69 Å². The van der Waals surface area contributed by atoms with Crippen molar-refractivity contribution in [3.8, 4) is 0 Å². The fraction of sp³-hybridized carbons (Fsp3) is 0.571. The highest BCUT2D eigenvalue weighted by molar-refractivity contribution is 6.30. The first-order chi connectivity index (χ1) is 8.70. The SMILES string of the molecule is CN(CC1CCCCO1)c1ccc(Cl)cc1CCl. The molecule has 1 fully saturated rings. The summed E-state index contributed by atoms with van der Waals surface area (Å²) in [5, 5.41) is 0.733. The predicted octanol–water partition coefficient (Wildman–Crippen LogP) is 4.08. The van der Waals surface area contributed by atoms with Crippen LogP contribution in [0.1, 0.15) is 24.8 Å². The predicted molar refractivity (Wildman–Crippen MR) is 77.9 cm³/mol. The molecule has 0 aromatic heterocycles. The molecular weight excluding hydrogens is 269 g/mol. The Balaban J connectivity index is 2.05. The number of halogens is 2. The summed E-state index contributed by atoms with van der Waals surface area (Å²) in [4.78, 5) is 2.21. The van der Waals surface area contributed by atoms with Gasteiger partial charge in [-0.3, -0.25) is 0 Å². The van der Waals surface area contributed by atoms with Crippen LogP contribution in [-0.2, 0) is 10.6 Å².